The van der Waals surface area contributed by atoms with Gasteiger partial charge in [-0.25, -0.2) is 4.79 Å². The number of fused-ring (bicyclic) bond motifs is 1. The molecule has 3 unspecified atom stereocenters. The van der Waals surface area contributed by atoms with Gasteiger partial charge in [-0.05, 0) is 24.6 Å². The summed E-state index contributed by atoms with van der Waals surface area (Å²) >= 11 is 0. The number of rotatable bonds is 4. The third-order valence-electron chi connectivity index (χ3n) is 4.36. The van der Waals surface area contributed by atoms with Gasteiger partial charge in [0.2, 0.25) is 0 Å². The molecule has 5 N–H and O–H groups in total. The minimum Gasteiger partial charge on any atom is -0.423 e. The van der Waals surface area contributed by atoms with Gasteiger partial charge in [0.15, 0.2) is 6.29 Å². The molecule has 1 aliphatic rings. The van der Waals surface area contributed by atoms with Crippen molar-refractivity contribution in [3.05, 3.63) is 46.3 Å². The second-order valence-electron chi connectivity index (χ2n) is 6.13. The van der Waals surface area contributed by atoms with E-state index in [1.165, 1.54) is 6.07 Å². The highest BCUT2D eigenvalue weighted by atomic mass is 16.6. The van der Waals surface area contributed by atoms with Crippen LogP contribution in [0.2, 0.25) is 0 Å². The first-order valence-electron chi connectivity index (χ1n) is 8.22. The maximum Gasteiger partial charge on any atom is 0.336 e. The minimum absolute atomic E-state index is 0.338. The lowest BCUT2D eigenvalue weighted by Crippen LogP contribution is -2.61. The van der Waals surface area contributed by atoms with Crippen LogP contribution < -0.4 is 10.9 Å². The molecule has 8 heteroatoms. The quantitative estimate of drug-likeness (QED) is 0.481. The Morgan fingerprint density at radius 2 is 1.96 bits per heavy atom. The summed E-state index contributed by atoms with van der Waals surface area (Å²) in [7, 11) is 0. The van der Waals surface area contributed by atoms with Crippen molar-refractivity contribution in [3.63, 3.8) is 0 Å². The third kappa shape index (κ3) is 3.50. The van der Waals surface area contributed by atoms with E-state index in [9.17, 15) is 20.1 Å². The molecule has 0 spiro atoms. The Morgan fingerprint density at radius 1 is 1.19 bits per heavy atom. The number of allylic oxidation sites excluding steroid dienone is 1. The first kappa shape index (κ1) is 18.6. The fourth-order valence-corrected chi connectivity index (χ4v) is 3.04. The van der Waals surface area contributed by atoms with E-state index in [1.807, 2.05) is 13.0 Å². The number of aliphatic hydroxyl groups is 4. The number of nitrogens with one attached hydrogen (secondary N) is 1. The number of benzene rings is 1. The molecule has 0 amide bonds. The third-order valence-corrected chi connectivity index (χ3v) is 4.36. The van der Waals surface area contributed by atoms with Crippen LogP contribution in [0.5, 0.6) is 0 Å². The van der Waals surface area contributed by atoms with Gasteiger partial charge in [-0.3, -0.25) is 0 Å². The Bertz CT molecular complexity index is 862. The zero-order valence-corrected chi connectivity index (χ0v) is 14.1. The Balaban J connectivity index is 1.90. The van der Waals surface area contributed by atoms with E-state index in [1.54, 1.807) is 24.3 Å². The second-order valence-corrected chi connectivity index (χ2v) is 6.13. The number of hydrogen-bond donors (Lipinski definition) is 5. The van der Waals surface area contributed by atoms with E-state index in [4.69, 9.17) is 14.3 Å². The van der Waals surface area contributed by atoms with Crippen LogP contribution in [0.25, 0.3) is 17.0 Å². The molecule has 5 atom stereocenters. The fraction of sp³-hybridized carbons (Fsp3) is 0.389. The van der Waals surface area contributed by atoms with Crippen molar-refractivity contribution in [1.29, 1.82) is 0 Å². The average Bonchev–Trinajstić information content (AvgIpc) is 2.61. The van der Waals surface area contributed by atoms with Gasteiger partial charge < -0.3 is 34.9 Å². The summed E-state index contributed by atoms with van der Waals surface area (Å²) in [5.74, 6) is 0. The van der Waals surface area contributed by atoms with Gasteiger partial charge in [0.05, 0.1) is 6.61 Å². The van der Waals surface area contributed by atoms with Gasteiger partial charge >= 0.3 is 5.63 Å². The standard InChI is InChI=1S/C18H21NO7/c1-2-3-9-6-14(21)25-12-7-10(4-5-11(9)12)19-15-17(23)16(22)13(8-20)26-18(15)24/h2-7,13,15-20,22-24H,8H2,1H3/b3-2+/t13?,15?,16-,17-,18?/m1/s1. The number of hydrogen-bond acceptors (Lipinski definition) is 8. The molecule has 8 nitrogen and oxygen atoms in total. The highest BCUT2D eigenvalue weighted by molar-refractivity contribution is 5.88. The molecule has 2 heterocycles. The topological polar surface area (TPSA) is 132 Å². The summed E-state index contributed by atoms with van der Waals surface area (Å²) in [6.45, 7) is 1.31. The lowest BCUT2D eigenvalue weighted by atomic mass is 9.96. The van der Waals surface area contributed by atoms with Crippen LogP contribution in [0.1, 0.15) is 12.5 Å². The molecule has 26 heavy (non-hydrogen) atoms. The molecular weight excluding hydrogens is 342 g/mol. The molecule has 2 aromatic rings. The lowest BCUT2D eigenvalue weighted by Gasteiger charge is -2.40. The molecule has 1 aromatic carbocycles. The normalized spacial score (nSPS) is 29.3. The minimum atomic E-state index is -1.44. The van der Waals surface area contributed by atoms with Gasteiger partial charge in [0.25, 0.3) is 0 Å². The number of aliphatic hydroxyl groups excluding tert-OH is 4. The van der Waals surface area contributed by atoms with E-state index >= 15 is 0 Å². The summed E-state index contributed by atoms with van der Waals surface area (Å²) in [5.41, 5.74) is 1.02. The van der Waals surface area contributed by atoms with Gasteiger partial charge in [-0.15, -0.1) is 0 Å². The summed E-state index contributed by atoms with van der Waals surface area (Å²) in [4.78, 5) is 11.7. The fourth-order valence-electron chi connectivity index (χ4n) is 3.04. The lowest BCUT2D eigenvalue weighted by molar-refractivity contribution is -0.245. The Kier molecular flexibility index (Phi) is 5.40. The van der Waals surface area contributed by atoms with Crippen LogP contribution in [-0.4, -0.2) is 57.7 Å². The largest absolute Gasteiger partial charge is 0.423 e. The van der Waals surface area contributed by atoms with E-state index in [0.29, 0.717) is 16.8 Å². The van der Waals surface area contributed by atoms with Crippen molar-refractivity contribution in [2.45, 2.75) is 37.6 Å². The van der Waals surface area contributed by atoms with E-state index in [2.05, 4.69) is 5.32 Å². The average molecular weight is 363 g/mol. The molecule has 0 aliphatic carbocycles. The van der Waals surface area contributed by atoms with Crippen molar-refractivity contribution >= 4 is 22.7 Å². The zero-order valence-electron chi connectivity index (χ0n) is 14.1. The van der Waals surface area contributed by atoms with Crippen LogP contribution in [0.3, 0.4) is 0 Å². The van der Waals surface area contributed by atoms with Gasteiger partial charge in [0.1, 0.15) is 29.9 Å². The summed E-state index contributed by atoms with van der Waals surface area (Å²) in [5, 5.41) is 42.9. The SMILES string of the molecule is C/C=C/c1cc(=O)oc2cc(NC3C(O)OC(CO)[C@@H](O)[C@@H]3O)ccc12. The molecule has 0 saturated carbocycles. The molecule has 1 saturated heterocycles. The Hall–Kier alpha value is -2.23. The molecule has 0 radical (unpaired) electrons. The first-order chi connectivity index (χ1) is 12.4. The zero-order chi connectivity index (χ0) is 18.8. The molecular formula is C18H21NO7. The second kappa shape index (κ2) is 7.56. The molecule has 1 aliphatic heterocycles. The van der Waals surface area contributed by atoms with Gasteiger partial charge in [-0.1, -0.05) is 12.2 Å². The molecule has 0 bridgehead atoms. The Labute approximate surface area is 149 Å². The Morgan fingerprint density at radius 3 is 2.65 bits per heavy atom. The van der Waals surface area contributed by atoms with E-state index < -0.39 is 42.9 Å². The highest BCUT2D eigenvalue weighted by Gasteiger charge is 2.43. The highest BCUT2D eigenvalue weighted by Crippen LogP contribution is 2.26. The maximum atomic E-state index is 11.7. The van der Waals surface area contributed by atoms with Gasteiger partial charge in [-0.2, -0.15) is 0 Å². The van der Waals surface area contributed by atoms with Crippen LogP contribution in [0.15, 0.2) is 39.6 Å². The maximum absolute atomic E-state index is 11.7. The first-order valence-corrected chi connectivity index (χ1v) is 8.22. The number of ether oxygens (including phenoxy) is 1. The van der Waals surface area contributed by atoms with Crippen LogP contribution in [0.4, 0.5) is 5.69 Å². The molecule has 3 rings (SSSR count). The smallest absolute Gasteiger partial charge is 0.336 e. The summed E-state index contributed by atoms with van der Waals surface area (Å²) in [6.07, 6.45) is -1.64. The molecule has 1 fully saturated rings. The van der Waals surface area contributed by atoms with Crippen molar-refractivity contribution in [1.82, 2.24) is 0 Å². The van der Waals surface area contributed by atoms with Gasteiger partial charge in [0, 0.05) is 23.2 Å². The molecule has 1 aromatic heterocycles. The number of anilines is 1. The summed E-state index contributed by atoms with van der Waals surface area (Å²) < 4.78 is 10.3. The predicted octanol–water partition coefficient (Wildman–Crippen LogP) is 0.0379. The summed E-state index contributed by atoms with van der Waals surface area (Å²) in [6, 6.07) is 5.36. The van der Waals surface area contributed by atoms with Crippen molar-refractivity contribution in [2.24, 2.45) is 0 Å². The van der Waals surface area contributed by atoms with Crippen LogP contribution in [0, 0.1) is 0 Å². The van der Waals surface area contributed by atoms with E-state index in [-0.39, 0.29) is 0 Å². The van der Waals surface area contributed by atoms with Crippen LogP contribution >= 0.6 is 0 Å². The van der Waals surface area contributed by atoms with Crippen molar-refractivity contribution in [3.8, 4) is 0 Å². The molecule has 140 valence electrons. The van der Waals surface area contributed by atoms with Crippen molar-refractivity contribution < 1.29 is 29.6 Å². The van der Waals surface area contributed by atoms with Crippen molar-refractivity contribution in [2.75, 3.05) is 11.9 Å². The van der Waals surface area contributed by atoms with E-state index in [0.717, 1.165) is 5.39 Å². The monoisotopic (exact) mass is 363 g/mol. The van der Waals surface area contributed by atoms with Crippen LogP contribution in [-0.2, 0) is 4.74 Å². The predicted molar refractivity (Wildman–Crippen MR) is 94.6 cm³/mol.